The number of nitrogens with two attached hydrogens (primary N) is 1. The minimum absolute atomic E-state index is 0.0137. The summed E-state index contributed by atoms with van der Waals surface area (Å²) in [6.07, 6.45) is 3.58. The molecule has 0 aromatic carbocycles. The third-order valence-electron chi connectivity index (χ3n) is 3.04. The molecule has 0 radical (unpaired) electrons. The van der Waals surface area contributed by atoms with Crippen molar-refractivity contribution in [2.24, 2.45) is 11.1 Å². The van der Waals surface area contributed by atoms with E-state index in [1.807, 2.05) is 0 Å². The maximum atomic E-state index is 11.5. The lowest BCUT2D eigenvalue weighted by atomic mass is 9.66. The van der Waals surface area contributed by atoms with Crippen LogP contribution >= 0.6 is 0 Å². The van der Waals surface area contributed by atoms with E-state index in [2.05, 4.69) is 10.1 Å². The van der Waals surface area contributed by atoms with Crippen LogP contribution in [0, 0.1) is 5.41 Å². The summed E-state index contributed by atoms with van der Waals surface area (Å²) in [6, 6.07) is 0. The lowest BCUT2D eigenvalue weighted by molar-refractivity contribution is -0.141. The van der Waals surface area contributed by atoms with E-state index in [-0.39, 0.29) is 17.9 Å². The molecule has 1 aliphatic rings. The summed E-state index contributed by atoms with van der Waals surface area (Å²) in [5.74, 6) is -0.552. The van der Waals surface area contributed by atoms with Gasteiger partial charge in [-0.05, 0) is 24.8 Å². The summed E-state index contributed by atoms with van der Waals surface area (Å²) in [5.41, 5.74) is 5.61. The number of rotatable bonds is 5. The number of ether oxygens (including phenoxy) is 1. The molecule has 5 nitrogen and oxygen atoms in total. The molecule has 1 aliphatic carbocycles. The van der Waals surface area contributed by atoms with Crippen molar-refractivity contribution in [3.05, 3.63) is 0 Å². The monoisotopic (exact) mass is 214 g/mol. The first-order valence-corrected chi connectivity index (χ1v) is 5.15. The molecule has 0 atom stereocenters. The van der Waals surface area contributed by atoms with Gasteiger partial charge in [-0.2, -0.15) is 0 Å². The third kappa shape index (κ3) is 3.20. The molecular weight excluding hydrogens is 196 g/mol. The molecule has 0 aromatic heterocycles. The molecule has 3 N–H and O–H groups in total. The molecule has 0 unspecified atom stereocenters. The fraction of sp³-hybridized carbons (Fsp3) is 0.800. The van der Waals surface area contributed by atoms with E-state index in [4.69, 9.17) is 5.73 Å². The summed E-state index contributed by atoms with van der Waals surface area (Å²) in [5, 5.41) is 2.52. The average molecular weight is 214 g/mol. The molecule has 1 fully saturated rings. The van der Waals surface area contributed by atoms with Crippen LogP contribution in [-0.2, 0) is 14.3 Å². The average Bonchev–Trinajstić information content (AvgIpc) is 2.20. The molecule has 0 aliphatic heterocycles. The second kappa shape index (κ2) is 5.11. The highest BCUT2D eigenvalue weighted by molar-refractivity contribution is 5.82. The van der Waals surface area contributed by atoms with Crippen molar-refractivity contribution in [2.75, 3.05) is 20.2 Å². The van der Waals surface area contributed by atoms with Gasteiger partial charge in [-0.25, -0.2) is 0 Å². The van der Waals surface area contributed by atoms with Crippen LogP contribution in [0.25, 0.3) is 0 Å². The van der Waals surface area contributed by atoms with Crippen molar-refractivity contribution in [2.45, 2.75) is 25.7 Å². The van der Waals surface area contributed by atoms with Crippen molar-refractivity contribution in [3.63, 3.8) is 0 Å². The van der Waals surface area contributed by atoms with Gasteiger partial charge < -0.3 is 15.8 Å². The molecule has 0 aromatic rings. The maximum Gasteiger partial charge on any atom is 0.325 e. The van der Waals surface area contributed by atoms with Crippen molar-refractivity contribution >= 4 is 11.9 Å². The number of amides is 1. The van der Waals surface area contributed by atoms with Gasteiger partial charge in [0.15, 0.2) is 0 Å². The van der Waals surface area contributed by atoms with Crippen molar-refractivity contribution < 1.29 is 14.3 Å². The molecule has 0 bridgehead atoms. The van der Waals surface area contributed by atoms with E-state index in [9.17, 15) is 9.59 Å². The Hall–Kier alpha value is -1.10. The van der Waals surface area contributed by atoms with Crippen LogP contribution in [0.3, 0.4) is 0 Å². The molecule has 0 spiro atoms. The molecule has 1 rings (SSSR count). The standard InChI is InChI=1S/C10H18N2O3/c1-15-9(14)6-12-8(13)5-10(7-11)3-2-4-10/h2-7,11H2,1H3,(H,12,13). The Morgan fingerprint density at radius 3 is 2.53 bits per heavy atom. The fourth-order valence-electron chi connectivity index (χ4n) is 1.78. The topological polar surface area (TPSA) is 81.4 Å². The summed E-state index contributed by atoms with van der Waals surface area (Å²) < 4.78 is 4.42. The Kier molecular flexibility index (Phi) is 4.08. The van der Waals surface area contributed by atoms with E-state index < -0.39 is 5.97 Å². The number of nitrogens with one attached hydrogen (secondary N) is 1. The highest BCUT2D eigenvalue weighted by Crippen LogP contribution is 2.42. The largest absolute Gasteiger partial charge is 0.468 e. The zero-order chi connectivity index (χ0) is 11.3. The van der Waals surface area contributed by atoms with Crippen LogP contribution in [0.5, 0.6) is 0 Å². The number of carbonyl (C=O) groups excluding carboxylic acids is 2. The van der Waals surface area contributed by atoms with Gasteiger partial charge in [-0.15, -0.1) is 0 Å². The summed E-state index contributed by atoms with van der Waals surface area (Å²) in [7, 11) is 1.29. The molecular formula is C10H18N2O3. The third-order valence-corrected chi connectivity index (χ3v) is 3.04. The van der Waals surface area contributed by atoms with Crippen molar-refractivity contribution in [1.29, 1.82) is 0 Å². The van der Waals surface area contributed by atoms with E-state index in [1.54, 1.807) is 0 Å². The highest BCUT2D eigenvalue weighted by atomic mass is 16.5. The Bertz CT molecular complexity index is 244. The molecule has 1 saturated carbocycles. The summed E-state index contributed by atoms with van der Waals surface area (Å²) in [4.78, 5) is 22.2. The minimum atomic E-state index is -0.432. The van der Waals surface area contributed by atoms with Gasteiger partial charge in [0.1, 0.15) is 6.54 Å². The predicted molar refractivity (Wildman–Crippen MR) is 55.0 cm³/mol. The first-order chi connectivity index (χ1) is 7.12. The highest BCUT2D eigenvalue weighted by Gasteiger charge is 2.37. The van der Waals surface area contributed by atoms with E-state index >= 15 is 0 Å². The Morgan fingerprint density at radius 2 is 2.13 bits per heavy atom. The van der Waals surface area contributed by atoms with Crippen LogP contribution in [0.2, 0.25) is 0 Å². The van der Waals surface area contributed by atoms with Gasteiger partial charge in [0, 0.05) is 6.42 Å². The molecule has 1 amide bonds. The first-order valence-electron chi connectivity index (χ1n) is 5.15. The van der Waals surface area contributed by atoms with Crippen LogP contribution in [0.4, 0.5) is 0 Å². The van der Waals surface area contributed by atoms with Crippen molar-refractivity contribution in [3.8, 4) is 0 Å². The van der Waals surface area contributed by atoms with Crippen LogP contribution < -0.4 is 11.1 Å². The smallest absolute Gasteiger partial charge is 0.325 e. The quantitative estimate of drug-likeness (QED) is 0.621. The molecule has 0 saturated heterocycles. The molecule has 0 heterocycles. The lowest BCUT2D eigenvalue weighted by Crippen LogP contribution is -2.42. The van der Waals surface area contributed by atoms with Gasteiger partial charge >= 0.3 is 5.97 Å². The van der Waals surface area contributed by atoms with Gasteiger partial charge in [-0.3, -0.25) is 9.59 Å². The number of hydrogen-bond donors (Lipinski definition) is 2. The van der Waals surface area contributed by atoms with Crippen LogP contribution in [0.1, 0.15) is 25.7 Å². The summed E-state index contributed by atoms with van der Waals surface area (Å²) >= 11 is 0. The van der Waals surface area contributed by atoms with Gasteiger partial charge in [-0.1, -0.05) is 6.42 Å². The Balaban J connectivity index is 2.26. The zero-order valence-electron chi connectivity index (χ0n) is 9.04. The number of methoxy groups -OCH3 is 1. The second-order valence-electron chi connectivity index (χ2n) is 4.09. The van der Waals surface area contributed by atoms with Gasteiger partial charge in [0.05, 0.1) is 7.11 Å². The number of hydrogen-bond acceptors (Lipinski definition) is 4. The molecule has 86 valence electrons. The minimum Gasteiger partial charge on any atom is -0.468 e. The van der Waals surface area contributed by atoms with E-state index in [0.29, 0.717) is 13.0 Å². The number of carbonyl (C=O) groups is 2. The maximum absolute atomic E-state index is 11.5. The van der Waals surface area contributed by atoms with Gasteiger partial charge in [0.2, 0.25) is 5.91 Å². The molecule has 15 heavy (non-hydrogen) atoms. The van der Waals surface area contributed by atoms with E-state index in [0.717, 1.165) is 19.3 Å². The lowest BCUT2D eigenvalue weighted by Gasteiger charge is -2.40. The summed E-state index contributed by atoms with van der Waals surface area (Å²) in [6.45, 7) is 0.481. The number of esters is 1. The fourth-order valence-corrected chi connectivity index (χ4v) is 1.78. The van der Waals surface area contributed by atoms with E-state index in [1.165, 1.54) is 7.11 Å². The SMILES string of the molecule is COC(=O)CNC(=O)CC1(CN)CCC1. The Labute approximate surface area is 89.3 Å². The van der Waals surface area contributed by atoms with Crippen LogP contribution in [0.15, 0.2) is 0 Å². The normalized spacial score (nSPS) is 17.7. The predicted octanol–water partition coefficient (Wildman–Crippen LogP) is -0.205. The van der Waals surface area contributed by atoms with Crippen molar-refractivity contribution in [1.82, 2.24) is 5.32 Å². The van der Waals surface area contributed by atoms with Gasteiger partial charge in [0.25, 0.3) is 0 Å². The molecule has 5 heteroatoms. The first kappa shape index (κ1) is 12.0. The Morgan fingerprint density at radius 1 is 1.47 bits per heavy atom. The second-order valence-corrected chi connectivity index (χ2v) is 4.09. The zero-order valence-corrected chi connectivity index (χ0v) is 9.04. The van der Waals surface area contributed by atoms with Crippen LogP contribution in [-0.4, -0.2) is 32.1 Å².